The third-order valence-electron chi connectivity index (χ3n) is 2.36. The fourth-order valence-corrected chi connectivity index (χ4v) is 2.11. The van der Waals surface area contributed by atoms with Gasteiger partial charge in [-0.15, -0.1) is 0 Å². The van der Waals surface area contributed by atoms with E-state index in [4.69, 9.17) is 9.47 Å². The van der Waals surface area contributed by atoms with E-state index >= 15 is 0 Å². The maximum absolute atomic E-state index is 10.4. The Labute approximate surface area is 115 Å². The van der Waals surface area contributed by atoms with Crippen LogP contribution in [0.4, 0.5) is 0 Å². The predicted octanol–water partition coefficient (Wildman–Crippen LogP) is 1.93. The molecule has 0 radical (unpaired) electrons. The highest BCUT2D eigenvalue weighted by Gasteiger charge is 2.11. The van der Waals surface area contributed by atoms with E-state index in [1.165, 1.54) is 0 Å². The molecule has 1 rings (SSSR count). The number of benzene rings is 1. The molecule has 0 unspecified atom stereocenters. The van der Waals surface area contributed by atoms with Crippen LogP contribution in [0, 0.1) is 0 Å². The summed E-state index contributed by atoms with van der Waals surface area (Å²) in [5, 5.41) is 10.4. The molecule has 0 saturated carbocycles. The number of hydrogen-bond donors (Lipinski definition) is 0. The fraction of sp³-hybridized carbons (Fsp3) is 0.462. The van der Waals surface area contributed by atoms with Crippen LogP contribution in [0.15, 0.2) is 16.6 Å². The Morgan fingerprint density at radius 3 is 2.72 bits per heavy atom. The quantitative estimate of drug-likeness (QED) is 0.771. The molecular weight excluding hydrogens is 300 g/mol. The van der Waals surface area contributed by atoms with Gasteiger partial charge in [-0.2, -0.15) is 0 Å². The van der Waals surface area contributed by atoms with Crippen molar-refractivity contribution >= 4 is 21.9 Å². The molecule has 0 aliphatic rings. The number of aliphatic carboxylic acids is 1. The van der Waals surface area contributed by atoms with E-state index in [2.05, 4.69) is 15.9 Å². The molecule has 0 aliphatic heterocycles. The van der Waals surface area contributed by atoms with Gasteiger partial charge in [0.15, 0.2) is 11.5 Å². The van der Waals surface area contributed by atoms with E-state index in [1.54, 1.807) is 13.2 Å². The monoisotopic (exact) mass is 315 g/mol. The summed E-state index contributed by atoms with van der Waals surface area (Å²) in [5.74, 6) is 0.194. The SMILES string of the molecule is CCCOc1c(Br)cc(CCC(=O)[O-])cc1OC. The average molecular weight is 316 g/mol. The van der Waals surface area contributed by atoms with Gasteiger partial charge in [0, 0.05) is 5.97 Å². The lowest BCUT2D eigenvalue weighted by atomic mass is 10.1. The second-order valence-corrected chi connectivity index (χ2v) is 4.68. The van der Waals surface area contributed by atoms with Crippen LogP contribution in [-0.4, -0.2) is 19.7 Å². The van der Waals surface area contributed by atoms with E-state index in [0.29, 0.717) is 24.5 Å². The van der Waals surface area contributed by atoms with Crippen molar-refractivity contribution in [1.82, 2.24) is 0 Å². The number of carboxylic acid groups (broad SMARTS) is 1. The average Bonchev–Trinajstić information content (AvgIpc) is 2.34. The molecule has 4 nitrogen and oxygen atoms in total. The minimum Gasteiger partial charge on any atom is -0.550 e. The van der Waals surface area contributed by atoms with Crippen LogP contribution >= 0.6 is 15.9 Å². The third-order valence-corrected chi connectivity index (χ3v) is 2.95. The van der Waals surface area contributed by atoms with Crippen molar-refractivity contribution in [3.63, 3.8) is 0 Å². The number of halogens is 1. The molecule has 0 aliphatic carbocycles. The fourth-order valence-electron chi connectivity index (χ4n) is 1.51. The molecule has 0 fully saturated rings. The molecule has 0 aromatic heterocycles. The summed E-state index contributed by atoms with van der Waals surface area (Å²) in [7, 11) is 1.56. The summed E-state index contributed by atoms with van der Waals surface area (Å²) in [6, 6.07) is 3.63. The van der Waals surface area contributed by atoms with E-state index in [0.717, 1.165) is 16.5 Å². The summed E-state index contributed by atoms with van der Waals surface area (Å²) >= 11 is 3.41. The molecule has 0 spiro atoms. The number of methoxy groups -OCH3 is 1. The van der Waals surface area contributed by atoms with Crippen LogP contribution in [0.3, 0.4) is 0 Å². The Bertz CT molecular complexity index is 418. The first-order valence-corrected chi connectivity index (χ1v) is 6.56. The van der Waals surface area contributed by atoms with Gasteiger partial charge in [0.2, 0.25) is 0 Å². The van der Waals surface area contributed by atoms with E-state index in [9.17, 15) is 9.90 Å². The van der Waals surface area contributed by atoms with Crippen molar-refractivity contribution in [2.75, 3.05) is 13.7 Å². The van der Waals surface area contributed by atoms with Gasteiger partial charge >= 0.3 is 0 Å². The highest BCUT2D eigenvalue weighted by molar-refractivity contribution is 9.10. The van der Waals surface area contributed by atoms with Crippen molar-refractivity contribution in [1.29, 1.82) is 0 Å². The van der Waals surface area contributed by atoms with Crippen molar-refractivity contribution in [2.45, 2.75) is 26.2 Å². The number of aryl methyl sites for hydroxylation is 1. The van der Waals surface area contributed by atoms with E-state index < -0.39 is 5.97 Å². The van der Waals surface area contributed by atoms with Gasteiger partial charge in [-0.1, -0.05) is 6.92 Å². The molecule has 100 valence electrons. The van der Waals surface area contributed by atoms with Crippen LogP contribution in [0.1, 0.15) is 25.3 Å². The van der Waals surface area contributed by atoms with Crippen LogP contribution in [0.2, 0.25) is 0 Å². The standard InChI is InChI=1S/C13H17BrO4/c1-3-6-18-13-10(14)7-9(4-5-12(15)16)8-11(13)17-2/h7-8H,3-6H2,1-2H3,(H,15,16)/p-1. The molecule has 0 N–H and O–H groups in total. The maximum Gasteiger partial charge on any atom is 0.175 e. The molecule has 0 heterocycles. The lowest BCUT2D eigenvalue weighted by Gasteiger charge is -2.14. The number of hydrogen-bond acceptors (Lipinski definition) is 4. The first-order valence-electron chi connectivity index (χ1n) is 5.77. The number of rotatable bonds is 7. The zero-order chi connectivity index (χ0) is 13.5. The minimum atomic E-state index is -1.06. The van der Waals surface area contributed by atoms with Gasteiger partial charge in [-0.25, -0.2) is 0 Å². The highest BCUT2D eigenvalue weighted by Crippen LogP contribution is 2.37. The van der Waals surface area contributed by atoms with E-state index in [-0.39, 0.29) is 6.42 Å². The molecule has 0 bridgehead atoms. The van der Waals surface area contributed by atoms with Gasteiger partial charge in [-0.3, -0.25) is 0 Å². The molecule has 1 aromatic rings. The second kappa shape index (κ2) is 7.26. The Morgan fingerprint density at radius 1 is 1.44 bits per heavy atom. The molecule has 0 atom stereocenters. The summed E-state index contributed by atoms with van der Waals surface area (Å²) in [6.45, 7) is 2.63. The normalized spacial score (nSPS) is 10.2. The van der Waals surface area contributed by atoms with Crippen LogP contribution < -0.4 is 14.6 Å². The summed E-state index contributed by atoms with van der Waals surface area (Å²) in [6.07, 6.45) is 1.30. The number of carbonyl (C=O) groups excluding carboxylic acids is 1. The van der Waals surface area contributed by atoms with Gasteiger partial charge in [-0.05, 0) is 52.9 Å². The molecular formula is C13H16BrO4-. The van der Waals surface area contributed by atoms with Crippen LogP contribution in [-0.2, 0) is 11.2 Å². The summed E-state index contributed by atoms with van der Waals surface area (Å²) < 4.78 is 11.6. The highest BCUT2D eigenvalue weighted by atomic mass is 79.9. The first kappa shape index (κ1) is 14.8. The smallest absolute Gasteiger partial charge is 0.175 e. The third kappa shape index (κ3) is 4.22. The number of carboxylic acids is 1. The molecule has 1 aromatic carbocycles. The Balaban J connectivity index is 2.91. The molecule has 18 heavy (non-hydrogen) atoms. The Kier molecular flexibility index (Phi) is 5.98. The maximum atomic E-state index is 10.4. The molecule has 0 saturated heterocycles. The zero-order valence-electron chi connectivity index (χ0n) is 10.5. The largest absolute Gasteiger partial charge is 0.550 e. The van der Waals surface area contributed by atoms with Gasteiger partial charge in [0.25, 0.3) is 0 Å². The number of carbonyl (C=O) groups is 1. The Morgan fingerprint density at radius 2 is 2.17 bits per heavy atom. The molecule has 5 heteroatoms. The minimum absolute atomic E-state index is 0.00917. The first-order chi connectivity index (χ1) is 8.58. The Hall–Kier alpha value is -1.23. The van der Waals surface area contributed by atoms with Crippen molar-refractivity contribution in [3.8, 4) is 11.5 Å². The number of ether oxygens (including phenoxy) is 2. The van der Waals surface area contributed by atoms with E-state index in [1.807, 2.05) is 13.0 Å². The van der Waals surface area contributed by atoms with Gasteiger partial charge in [0.05, 0.1) is 18.2 Å². The lowest BCUT2D eigenvalue weighted by molar-refractivity contribution is -0.305. The molecule has 0 amide bonds. The van der Waals surface area contributed by atoms with Gasteiger partial charge < -0.3 is 19.4 Å². The van der Waals surface area contributed by atoms with Crippen molar-refractivity contribution in [2.24, 2.45) is 0 Å². The predicted molar refractivity (Wildman–Crippen MR) is 69.8 cm³/mol. The zero-order valence-corrected chi connectivity index (χ0v) is 12.1. The van der Waals surface area contributed by atoms with Gasteiger partial charge in [0.1, 0.15) is 0 Å². The topological polar surface area (TPSA) is 58.6 Å². The van der Waals surface area contributed by atoms with Crippen molar-refractivity contribution < 1.29 is 19.4 Å². The summed E-state index contributed by atoms with van der Waals surface area (Å²) in [5.41, 5.74) is 0.867. The second-order valence-electron chi connectivity index (χ2n) is 3.83. The van der Waals surface area contributed by atoms with Crippen molar-refractivity contribution in [3.05, 3.63) is 22.2 Å². The summed E-state index contributed by atoms with van der Waals surface area (Å²) in [4.78, 5) is 10.4. The van der Waals surface area contributed by atoms with Crippen LogP contribution in [0.25, 0.3) is 0 Å². The lowest BCUT2D eigenvalue weighted by Crippen LogP contribution is -2.22. The van der Waals surface area contributed by atoms with Crippen LogP contribution in [0.5, 0.6) is 11.5 Å².